The highest BCUT2D eigenvalue weighted by atomic mass is 16.5. The van der Waals surface area contributed by atoms with Crippen LogP contribution in [0.1, 0.15) is 31.0 Å². The standard InChI is InChI=1S/C16H20N2O4/c1-5-22-15(19)13-10(3)17-16(20)18-14(13)11-7-6-9(2)12(8-11)21-4/h6-8,14H,5H2,1-4H3,(H2,17,18,20). The van der Waals surface area contributed by atoms with Gasteiger partial charge in [-0.05, 0) is 38.0 Å². The number of esters is 1. The average molecular weight is 304 g/mol. The minimum Gasteiger partial charge on any atom is -0.496 e. The van der Waals surface area contributed by atoms with E-state index in [1.807, 2.05) is 25.1 Å². The Balaban J connectivity index is 2.47. The second-order valence-electron chi connectivity index (χ2n) is 5.02. The summed E-state index contributed by atoms with van der Waals surface area (Å²) in [5.74, 6) is 0.253. The van der Waals surface area contributed by atoms with Gasteiger partial charge in [-0.2, -0.15) is 0 Å². The van der Waals surface area contributed by atoms with Crippen LogP contribution in [-0.4, -0.2) is 25.7 Å². The van der Waals surface area contributed by atoms with Crippen molar-refractivity contribution >= 4 is 12.0 Å². The van der Waals surface area contributed by atoms with E-state index in [1.54, 1.807) is 21.0 Å². The van der Waals surface area contributed by atoms with Crippen LogP contribution in [0, 0.1) is 6.92 Å². The van der Waals surface area contributed by atoms with Gasteiger partial charge in [-0.3, -0.25) is 0 Å². The Kier molecular flexibility index (Phi) is 4.70. The molecular weight excluding hydrogens is 284 g/mol. The zero-order valence-corrected chi connectivity index (χ0v) is 13.1. The third-order valence-electron chi connectivity index (χ3n) is 3.53. The fraction of sp³-hybridized carbons (Fsp3) is 0.375. The van der Waals surface area contributed by atoms with Crippen molar-refractivity contribution in [2.75, 3.05) is 13.7 Å². The number of carbonyl (C=O) groups is 2. The van der Waals surface area contributed by atoms with Gasteiger partial charge in [0.2, 0.25) is 0 Å². The molecule has 0 radical (unpaired) electrons. The third kappa shape index (κ3) is 3.05. The van der Waals surface area contributed by atoms with Crippen molar-refractivity contribution in [3.05, 3.63) is 40.6 Å². The van der Waals surface area contributed by atoms with Crippen molar-refractivity contribution in [1.82, 2.24) is 10.6 Å². The van der Waals surface area contributed by atoms with E-state index in [9.17, 15) is 9.59 Å². The Hall–Kier alpha value is -2.50. The molecule has 2 amide bonds. The molecular formula is C16H20N2O4. The molecule has 0 aliphatic carbocycles. The first-order chi connectivity index (χ1) is 10.5. The van der Waals surface area contributed by atoms with Crippen LogP contribution in [0.4, 0.5) is 4.79 Å². The maximum absolute atomic E-state index is 12.2. The van der Waals surface area contributed by atoms with E-state index in [0.29, 0.717) is 17.0 Å². The molecule has 0 aromatic heterocycles. The van der Waals surface area contributed by atoms with Crippen molar-refractivity contribution in [3.8, 4) is 5.75 Å². The zero-order valence-electron chi connectivity index (χ0n) is 13.1. The van der Waals surface area contributed by atoms with Crippen LogP contribution in [0.5, 0.6) is 5.75 Å². The SMILES string of the molecule is CCOC(=O)C1=C(C)NC(=O)NC1c1ccc(C)c(OC)c1. The number of ether oxygens (including phenoxy) is 2. The Morgan fingerprint density at radius 3 is 2.68 bits per heavy atom. The summed E-state index contributed by atoms with van der Waals surface area (Å²) in [6.07, 6.45) is 0. The summed E-state index contributed by atoms with van der Waals surface area (Å²) in [6, 6.07) is 4.65. The zero-order chi connectivity index (χ0) is 16.3. The number of rotatable bonds is 4. The number of urea groups is 1. The van der Waals surface area contributed by atoms with Crippen LogP contribution in [-0.2, 0) is 9.53 Å². The van der Waals surface area contributed by atoms with Gasteiger partial charge in [0.1, 0.15) is 5.75 Å². The molecule has 22 heavy (non-hydrogen) atoms. The van der Waals surface area contributed by atoms with E-state index in [2.05, 4.69) is 10.6 Å². The topological polar surface area (TPSA) is 76.7 Å². The van der Waals surface area contributed by atoms with Gasteiger partial charge in [0, 0.05) is 5.70 Å². The van der Waals surface area contributed by atoms with Gasteiger partial charge >= 0.3 is 12.0 Å². The van der Waals surface area contributed by atoms with E-state index in [4.69, 9.17) is 9.47 Å². The second-order valence-corrected chi connectivity index (χ2v) is 5.02. The van der Waals surface area contributed by atoms with Crippen molar-refractivity contribution in [1.29, 1.82) is 0 Å². The maximum atomic E-state index is 12.2. The molecule has 1 heterocycles. The molecule has 1 aliphatic heterocycles. The quantitative estimate of drug-likeness (QED) is 0.836. The molecule has 2 N–H and O–H groups in total. The number of amides is 2. The smallest absolute Gasteiger partial charge is 0.338 e. The van der Waals surface area contributed by atoms with Gasteiger partial charge in [-0.1, -0.05) is 12.1 Å². The molecule has 1 aliphatic rings. The fourth-order valence-electron chi connectivity index (χ4n) is 2.44. The Bertz CT molecular complexity index is 637. The molecule has 0 saturated carbocycles. The lowest BCUT2D eigenvalue weighted by Crippen LogP contribution is -2.45. The molecule has 2 rings (SSSR count). The lowest BCUT2D eigenvalue weighted by Gasteiger charge is -2.28. The van der Waals surface area contributed by atoms with E-state index < -0.39 is 12.0 Å². The number of aryl methyl sites for hydroxylation is 1. The highest BCUT2D eigenvalue weighted by Crippen LogP contribution is 2.30. The molecule has 1 atom stereocenters. The summed E-state index contributed by atoms with van der Waals surface area (Å²) < 4.78 is 10.4. The number of benzene rings is 1. The first kappa shape index (κ1) is 15.9. The number of methoxy groups -OCH3 is 1. The van der Waals surface area contributed by atoms with Gasteiger partial charge in [0.05, 0.1) is 25.3 Å². The third-order valence-corrected chi connectivity index (χ3v) is 3.53. The molecule has 0 bridgehead atoms. The molecule has 0 fully saturated rings. The summed E-state index contributed by atoms with van der Waals surface area (Å²) in [6.45, 7) is 5.63. The molecule has 6 nitrogen and oxygen atoms in total. The normalized spacial score (nSPS) is 17.6. The summed E-state index contributed by atoms with van der Waals surface area (Å²) in [5.41, 5.74) is 2.63. The molecule has 118 valence electrons. The van der Waals surface area contributed by atoms with Crippen molar-refractivity contribution in [2.45, 2.75) is 26.8 Å². The minimum atomic E-state index is -0.567. The van der Waals surface area contributed by atoms with E-state index in [1.165, 1.54) is 0 Å². The Morgan fingerprint density at radius 2 is 2.05 bits per heavy atom. The maximum Gasteiger partial charge on any atom is 0.338 e. The molecule has 1 aromatic carbocycles. The highest BCUT2D eigenvalue weighted by molar-refractivity contribution is 5.95. The summed E-state index contributed by atoms with van der Waals surface area (Å²) in [5, 5.41) is 5.36. The largest absolute Gasteiger partial charge is 0.496 e. The van der Waals surface area contributed by atoms with E-state index >= 15 is 0 Å². The van der Waals surface area contributed by atoms with E-state index in [-0.39, 0.29) is 12.6 Å². The Morgan fingerprint density at radius 1 is 1.32 bits per heavy atom. The Labute approximate surface area is 129 Å². The van der Waals surface area contributed by atoms with Crippen LogP contribution >= 0.6 is 0 Å². The van der Waals surface area contributed by atoms with Crippen molar-refractivity contribution in [3.63, 3.8) is 0 Å². The number of carbonyl (C=O) groups excluding carboxylic acids is 2. The minimum absolute atomic E-state index is 0.271. The van der Waals surface area contributed by atoms with E-state index in [0.717, 1.165) is 11.1 Å². The predicted octanol–water partition coefficient (Wildman–Crippen LogP) is 2.19. The van der Waals surface area contributed by atoms with Gasteiger partial charge < -0.3 is 20.1 Å². The van der Waals surface area contributed by atoms with Crippen molar-refractivity contribution in [2.24, 2.45) is 0 Å². The van der Waals surface area contributed by atoms with Crippen molar-refractivity contribution < 1.29 is 19.1 Å². The number of hydrogen-bond donors (Lipinski definition) is 2. The lowest BCUT2D eigenvalue weighted by molar-refractivity contribution is -0.139. The van der Waals surface area contributed by atoms with Gasteiger partial charge in [-0.15, -0.1) is 0 Å². The van der Waals surface area contributed by atoms with Gasteiger partial charge in [0.25, 0.3) is 0 Å². The molecule has 0 saturated heterocycles. The lowest BCUT2D eigenvalue weighted by atomic mass is 9.94. The molecule has 1 unspecified atom stereocenters. The predicted molar refractivity (Wildman–Crippen MR) is 81.5 cm³/mol. The molecule has 0 spiro atoms. The summed E-state index contributed by atoms with van der Waals surface area (Å²) >= 11 is 0. The fourth-order valence-corrected chi connectivity index (χ4v) is 2.44. The van der Waals surface area contributed by atoms with Gasteiger partial charge in [-0.25, -0.2) is 9.59 Å². The van der Waals surface area contributed by atoms with Crippen LogP contribution < -0.4 is 15.4 Å². The van der Waals surface area contributed by atoms with Gasteiger partial charge in [0.15, 0.2) is 0 Å². The first-order valence-corrected chi connectivity index (χ1v) is 7.07. The number of nitrogens with one attached hydrogen (secondary N) is 2. The molecule has 1 aromatic rings. The highest BCUT2D eigenvalue weighted by Gasteiger charge is 2.32. The van der Waals surface area contributed by atoms with Crippen LogP contribution in [0.25, 0.3) is 0 Å². The number of hydrogen-bond acceptors (Lipinski definition) is 4. The van der Waals surface area contributed by atoms with Crippen LogP contribution in [0.2, 0.25) is 0 Å². The summed E-state index contributed by atoms with van der Waals surface area (Å²) in [7, 11) is 1.58. The average Bonchev–Trinajstić information content (AvgIpc) is 2.47. The molecule has 6 heteroatoms. The number of allylic oxidation sites excluding steroid dienone is 1. The summed E-state index contributed by atoms with van der Waals surface area (Å²) in [4.78, 5) is 24.0. The van der Waals surface area contributed by atoms with Crippen LogP contribution in [0.15, 0.2) is 29.5 Å². The second kappa shape index (κ2) is 6.51. The monoisotopic (exact) mass is 304 g/mol. The first-order valence-electron chi connectivity index (χ1n) is 7.07. The van der Waals surface area contributed by atoms with Crippen LogP contribution in [0.3, 0.4) is 0 Å².